The van der Waals surface area contributed by atoms with E-state index in [0.717, 1.165) is 17.5 Å². The van der Waals surface area contributed by atoms with Crippen molar-refractivity contribution in [2.24, 2.45) is 16.7 Å². The summed E-state index contributed by atoms with van der Waals surface area (Å²) in [5, 5.41) is 23.0. The number of hydrogen-bond donors (Lipinski definition) is 2. The molecule has 4 fully saturated rings. The van der Waals surface area contributed by atoms with Crippen molar-refractivity contribution in [1.82, 2.24) is 4.90 Å². The second kappa shape index (κ2) is 5.60. The first-order chi connectivity index (χ1) is 15.7. The Morgan fingerprint density at radius 3 is 2.68 bits per heavy atom. The number of fused-ring (bicyclic) bond motifs is 2. The lowest BCUT2D eigenvalue weighted by molar-refractivity contribution is -0.311. The summed E-state index contributed by atoms with van der Waals surface area (Å²) in [5.41, 5.74) is -0.873. The average Bonchev–Trinajstić information content (AvgIpc) is 3.10. The van der Waals surface area contributed by atoms with Crippen LogP contribution in [0.2, 0.25) is 0 Å². The minimum Gasteiger partial charge on any atom is -0.504 e. The molecule has 6 aliphatic rings. The number of rotatable bonds is 2. The number of aromatic hydroxyl groups is 1. The molecule has 1 saturated heterocycles. The molecule has 5 heteroatoms. The molecular formula is C26H37NO4. The molecule has 170 valence electrons. The zero-order valence-corrected chi connectivity index (χ0v) is 19.3. The number of nitrogens with zero attached hydrogens (tertiary/aromatic N) is 1. The van der Waals surface area contributed by atoms with Crippen LogP contribution in [0.25, 0.3) is 0 Å². The molecule has 4 aliphatic carbocycles. The Labute approximate surface area is 189 Å². The van der Waals surface area contributed by atoms with E-state index in [2.05, 4.69) is 20.8 Å². The van der Waals surface area contributed by atoms with Crippen LogP contribution in [0, 0.1) is 16.7 Å². The molecule has 2 heterocycles. The number of methoxy groups -OCH3 is 1. The van der Waals surface area contributed by atoms with E-state index >= 15 is 0 Å². The Morgan fingerprint density at radius 2 is 2.00 bits per heavy atom. The molecule has 2 aliphatic heterocycles. The van der Waals surface area contributed by atoms with E-state index in [9.17, 15) is 10.2 Å². The normalized spacial score (nSPS) is 46.4. The van der Waals surface area contributed by atoms with Crippen LogP contribution in [-0.2, 0) is 16.6 Å². The zero-order valence-electron chi connectivity index (χ0n) is 22.3. The summed E-state index contributed by atoms with van der Waals surface area (Å²) in [6.45, 7) is 6.33. The molecule has 2 N–H and O–H groups in total. The molecule has 4 bridgehead atoms. The molecule has 0 amide bonds. The number of aliphatic hydroxyl groups is 1. The van der Waals surface area contributed by atoms with Gasteiger partial charge in [0.25, 0.3) is 0 Å². The van der Waals surface area contributed by atoms with Crippen molar-refractivity contribution >= 4 is 0 Å². The van der Waals surface area contributed by atoms with Crippen molar-refractivity contribution in [1.29, 1.82) is 0 Å². The number of likely N-dealkylation sites (N-methyl/N-ethyl adjacent to an activating group) is 1. The van der Waals surface area contributed by atoms with Gasteiger partial charge >= 0.3 is 0 Å². The predicted molar refractivity (Wildman–Crippen MR) is 119 cm³/mol. The Morgan fingerprint density at radius 1 is 1.23 bits per heavy atom. The van der Waals surface area contributed by atoms with Crippen LogP contribution in [-0.4, -0.2) is 59.1 Å². The van der Waals surface area contributed by atoms with E-state index in [1.807, 2.05) is 13.0 Å². The summed E-state index contributed by atoms with van der Waals surface area (Å²) >= 11 is 0. The number of ether oxygens (including phenoxy) is 2. The van der Waals surface area contributed by atoms with Crippen LogP contribution in [0.1, 0.15) is 68.6 Å². The quantitative estimate of drug-likeness (QED) is 0.750. The van der Waals surface area contributed by atoms with Gasteiger partial charge in [0.05, 0.1) is 5.60 Å². The molecule has 2 spiro atoms. The maximum absolute atomic E-state index is 12.1. The number of phenols is 1. The van der Waals surface area contributed by atoms with Gasteiger partial charge < -0.3 is 24.6 Å². The molecule has 1 unspecified atom stereocenters. The molecule has 3 saturated carbocycles. The lowest BCUT2D eigenvalue weighted by Gasteiger charge is -2.75. The topological polar surface area (TPSA) is 62.2 Å². The van der Waals surface area contributed by atoms with Gasteiger partial charge in [-0.25, -0.2) is 0 Å². The van der Waals surface area contributed by atoms with Gasteiger partial charge in [0.2, 0.25) is 0 Å². The van der Waals surface area contributed by atoms with E-state index in [1.165, 1.54) is 0 Å². The second-order valence-electron chi connectivity index (χ2n) is 12.0. The molecule has 0 radical (unpaired) electrons. The largest absolute Gasteiger partial charge is 0.504 e. The Hall–Kier alpha value is -1.30. The van der Waals surface area contributed by atoms with Gasteiger partial charge in [-0.2, -0.15) is 0 Å². The summed E-state index contributed by atoms with van der Waals surface area (Å²) in [6.07, 6.45) is 3.08. The maximum atomic E-state index is 12.1. The van der Waals surface area contributed by atoms with Crippen molar-refractivity contribution in [2.45, 2.75) is 88.6 Å². The number of hydrogen-bond acceptors (Lipinski definition) is 5. The Bertz CT molecular complexity index is 1070. The first kappa shape index (κ1) is 17.2. The van der Waals surface area contributed by atoms with Gasteiger partial charge in [-0.3, -0.25) is 0 Å². The zero-order chi connectivity index (χ0) is 24.7. The molecule has 0 aromatic heterocycles. The van der Waals surface area contributed by atoms with Crippen molar-refractivity contribution < 1.29 is 23.8 Å². The van der Waals surface area contributed by atoms with Crippen molar-refractivity contribution in [3.63, 3.8) is 0 Å². The lowest BCUT2D eigenvalue weighted by Crippen LogP contribution is -2.83. The van der Waals surface area contributed by atoms with Gasteiger partial charge in [-0.1, -0.05) is 26.8 Å². The lowest BCUT2D eigenvalue weighted by atomic mass is 9.33. The van der Waals surface area contributed by atoms with Crippen molar-refractivity contribution in [3.05, 3.63) is 23.3 Å². The second-order valence-corrected chi connectivity index (χ2v) is 12.0. The van der Waals surface area contributed by atoms with Crippen LogP contribution in [0.5, 0.6) is 11.5 Å². The van der Waals surface area contributed by atoms with E-state index in [1.54, 1.807) is 18.1 Å². The number of likely N-dealkylation sites (tertiary alicyclic amines) is 1. The summed E-state index contributed by atoms with van der Waals surface area (Å²) < 4.78 is 38.3. The fraction of sp³-hybridized carbons (Fsp3) is 0.769. The average molecular weight is 431 g/mol. The molecule has 7 atom stereocenters. The molecule has 7 rings (SSSR count). The highest BCUT2D eigenvalue weighted by molar-refractivity contribution is 5.63. The van der Waals surface area contributed by atoms with Gasteiger partial charge in [0.15, 0.2) is 11.5 Å². The number of piperidine rings is 1. The Balaban J connectivity index is 1.65. The number of benzene rings is 1. The molecule has 1 aromatic carbocycles. The Kier molecular flexibility index (Phi) is 3.11. The summed E-state index contributed by atoms with van der Waals surface area (Å²) in [4.78, 5) is 1.75. The number of phenolic OH excluding ortho intramolecular Hbond substituents is 1. The molecule has 5 nitrogen and oxygen atoms in total. The monoisotopic (exact) mass is 430 g/mol. The van der Waals surface area contributed by atoms with Gasteiger partial charge in [0, 0.05) is 39.6 Å². The van der Waals surface area contributed by atoms with Crippen LogP contribution in [0.4, 0.5) is 0 Å². The van der Waals surface area contributed by atoms with Crippen molar-refractivity contribution in [3.8, 4) is 11.5 Å². The fourth-order valence-corrected chi connectivity index (χ4v) is 8.64. The van der Waals surface area contributed by atoms with Crippen LogP contribution in [0.3, 0.4) is 0 Å². The first-order valence-corrected chi connectivity index (χ1v) is 11.7. The summed E-state index contributed by atoms with van der Waals surface area (Å²) in [6, 6.07) is 3.45. The molecule has 1 aromatic rings. The van der Waals surface area contributed by atoms with E-state index in [0.29, 0.717) is 38.0 Å². The maximum Gasteiger partial charge on any atom is 0.165 e. The summed E-state index contributed by atoms with van der Waals surface area (Å²) in [5.74, 6) is 0.445. The van der Waals surface area contributed by atoms with Gasteiger partial charge in [-0.15, -0.1) is 0 Å². The van der Waals surface area contributed by atoms with E-state index in [4.69, 9.17) is 13.6 Å². The van der Waals surface area contributed by atoms with Crippen LogP contribution < -0.4 is 4.74 Å². The highest BCUT2D eigenvalue weighted by Crippen LogP contribution is 2.77. The smallest absolute Gasteiger partial charge is 0.165 e. The standard InChI is InChI=1S/C26H37NO4/c1-22(2,3)23(4,29)17-14-24-9-10-26(17,30-6)21-25(24)11-12-27(5)18(24)13-15-7-8-16(28)20(31-21)19(15)25/h7-8,17-18,21,28-29H,9-14H2,1-6H3/t17-,18-,21-,23+,24+,25+,26?/m1/s1/i5D3. The minimum atomic E-state index is -2.19. The van der Waals surface area contributed by atoms with Gasteiger partial charge in [-0.05, 0) is 69.6 Å². The highest BCUT2D eigenvalue weighted by Gasteiger charge is 2.82. The molecular weight excluding hydrogens is 390 g/mol. The third-order valence-corrected chi connectivity index (χ3v) is 10.6. The van der Waals surface area contributed by atoms with Crippen LogP contribution >= 0.6 is 0 Å². The van der Waals surface area contributed by atoms with Crippen LogP contribution in [0.15, 0.2) is 12.1 Å². The van der Waals surface area contributed by atoms with Crippen molar-refractivity contribution in [2.75, 3.05) is 20.6 Å². The highest BCUT2D eigenvalue weighted by atomic mass is 16.6. The third kappa shape index (κ3) is 1.94. The first-order valence-electron chi connectivity index (χ1n) is 13.2. The van der Waals surface area contributed by atoms with E-state index < -0.39 is 29.0 Å². The SMILES string of the molecule is [2H]C([2H])([2H])N1CC[C@]23c4c5ccc(O)c4O[C@H]2C2(OC)CC[C@]3(C[C@@H]2[C@](C)(O)C(C)(C)C)[C@H]1C5. The fourth-order valence-electron chi connectivity index (χ4n) is 8.64. The predicted octanol–water partition coefficient (Wildman–Crippen LogP) is 3.63. The van der Waals surface area contributed by atoms with E-state index in [-0.39, 0.29) is 29.2 Å². The van der Waals surface area contributed by atoms with Gasteiger partial charge in [0.1, 0.15) is 11.7 Å². The minimum absolute atomic E-state index is 0.138. The summed E-state index contributed by atoms with van der Waals surface area (Å²) in [7, 11) is 1.73. The molecule has 31 heavy (non-hydrogen) atoms. The third-order valence-electron chi connectivity index (χ3n) is 10.6.